The summed E-state index contributed by atoms with van der Waals surface area (Å²) in [5.41, 5.74) is 1.55. The van der Waals surface area contributed by atoms with Crippen molar-refractivity contribution in [2.75, 3.05) is 38.0 Å². The van der Waals surface area contributed by atoms with Crippen LogP contribution in [0.4, 0.5) is 24.8 Å². The SMILES string of the molecule is CCN1CCN(C(C)(C)c2ccc(Nc3ncc(F)c(-c4cc(F)c5nc(C)n(C(C)C)c5c4)n3)cc2F)CC1. The predicted molar refractivity (Wildman–Crippen MR) is 152 cm³/mol. The van der Waals surface area contributed by atoms with Crippen molar-refractivity contribution in [3.63, 3.8) is 0 Å². The van der Waals surface area contributed by atoms with Gasteiger partial charge in [-0.1, -0.05) is 13.0 Å². The molecule has 0 bridgehead atoms. The van der Waals surface area contributed by atoms with Crippen LogP contribution in [0, 0.1) is 24.4 Å². The quantitative estimate of drug-likeness (QED) is 0.286. The van der Waals surface area contributed by atoms with Gasteiger partial charge in [-0.05, 0) is 65.4 Å². The van der Waals surface area contributed by atoms with E-state index in [4.69, 9.17) is 0 Å². The molecule has 0 atom stereocenters. The molecule has 212 valence electrons. The summed E-state index contributed by atoms with van der Waals surface area (Å²) < 4.78 is 47.2. The molecule has 7 nitrogen and oxygen atoms in total. The van der Waals surface area contributed by atoms with Crippen LogP contribution in [0.5, 0.6) is 0 Å². The van der Waals surface area contributed by atoms with Gasteiger partial charge in [0.25, 0.3) is 0 Å². The molecule has 0 unspecified atom stereocenters. The molecular formula is C30H36F3N7. The van der Waals surface area contributed by atoms with Gasteiger partial charge < -0.3 is 14.8 Å². The van der Waals surface area contributed by atoms with Crippen LogP contribution >= 0.6 is 0 Å². The molecule has 40 heavy (non-hydrogen) atoms. The zero-order valence-electron chi connectivity index (χ0n) is 23.9. The molecule has 0 aliphatic carbocycles. The minimum absolute atomic E-state index is 0.0379. The van der Waals surface area contributed by atoms with E-state index in [-0.39, 0.29) is 34.6 Å². The molecule has 10 heteroatoms. The number of imidazole rings is 1. The number of rotatable bonds is 7. The maximum atomic E-state index is 15.4. The number of aryl methyl sites for hydroxylation is 1. The van der Waals surface area contributed by atoms with Gasteiger partial charge in [-0.3, -0.25) is 4.90 Å². The fraction of sp³-hybridized carbons (Fsp3) is 0.433. The van der Waals surface area contributed by atoms with Gasteiger partial charge in [-0.25, -0.2) is 28.1 Å². The first kappa shape index (κ1) is 28.0. The number of hydrogen-bond donors (Lipinski definition) is 1. The van der Waals surface area contributed by atoms with E-state index in [1.165, 1.54) is 12.1 Å². The molecule has 1 aliphatic heterocycles. The predicted octanol–water partition coefficient (Wildman–Crippen LogP) is 6.42. The molecule has 1 N–H and O–H groups in total. The van der Waals surface area contributed by atoms with Gasteiger partial charge in [0.2, 0.25) is 5.95 Å². The van der Waals surface area contributed by atoms with E-state index in [1.807, 2.05) is 39.2 Å². The monoisotopic (exact) mass is 551 g/mol. The molecule has 2 aromatic heterocycles. The Morgan fingerprint density at radius 3 is 2.33 bits per heavy atom. The Bertz CT molecular complexity index is 1540. The van der Waals surface area contributed by atoms with Crippen molar-refractivity contribution in [3.05, 3.63) is 65.4 Å². The Labute approximate surface area is 233 Å². The second-order valence-electron chi connectivity index (χ2n) is 11.1. The van der Waals surface area contributed by atoms with Crippen LogP contribution in [-0.4, -0.2) is 62.0 Å². The van der Waals surface area contributed by atoms with Crippen molar-refractivity contribution in [3.8, 4) is 11.3 Å². The smallest absolute Gasteiger partial charge is 0.227 e. The van der Waals surface area contributed by atoms with Crippen LogP contribution in [0.1, 0.15) is 52.0 Å². The zero-order chi connectivity index (χ0) is 28.8. The molecule has 3 heterocycles. The molecular weight excluding hydrogens is 515 g/mol. The standard InChI is InChI=1S/C30H36F3N7/c1-7-38-10-12-39(13-11-38)30(5,6)22-9-8-21(16-23(22)31)36-29-34-17-25(33)27(37-29)20-14-24(32)28-26(15-20)40(18(2)3)19(4)35-28/h8-9,14-18H,7,10-13H2,1-6H3,(H,34,36,37). The Balaban J connectivity index is 1.42. The van der Waals surface area contributed by atoms with E-state index in [0.29, 0.717) is 22.6 Å². The highest BCUT2D eigenvalue weighted by Crippen LogP contribution is 2.33. The van der Waals surface area contributed by atoms with E-state index < -0.39 is 17.2 Å². The summed E-state index contributed by atoms with van der Waals surface area (Å²) >= 11 is 0. The molecule has 0 spiro atoms. The molecule has 1 fully saturated rings. The van der Waals surface area contributed by atoms with Crippen LogP contribution in [0.25, 0.3) is 22.3 Å². The zero-order valence-corrected chi connectivity index (χ0v) is 23.9. The Hall–Kier alpha value is -3.50. The van der Waals surface area contributed by atoms with Crippen molar-refractivity contribution in [1.29, 1.82) is 0 Å². The van der Waals surface area contributed by atoms with Crippen molar-refractivity contribution in [1.82, 2.24) is 29.3 Å². The minimum Gasteiger partial charge on any atom is -0.326 e. The number of piperazine rings is 1. The Morgan fingerprint density at radius 2 is 1.68 bits per heavy atom. The van der Waals surface area contributed by atoms with Crippen LogP contribution < -0.4 is 5.32 Å². The maximum absolute atomic E-state index is 15.4. The molecule has 2 aromatic carbocycles. The number of aromatic nitrogens is 4. The normalized spacial score (nSPS) is 15.3. The van der Waals surface area contributed by atoms with Crippen LogP contribution in [0.2, 0.25) is 0 Å². The first-order chi connectivity index (χ1) is 19.0. The number of halogens is 3. The Morgan fingerprint density at radius 1 is 0.950 bits per heavy atom. The summed E-state index contributed by atoms with van der Waals surface area (Å²) in [6, 6.07) is 7.89. The number of benzene rings is 2. The van der Waals surface area contributed by atoms with E-state index in [2.05, 4.69) is 37.0 Å². The number of nitrogens with zero attached hydrogens (tertiary/aromatic N) is 6. The number of likely N-dealkylation sites (N-methyl/N-ethyl adjacent to an activating group) is 1. The lowest BCUT2D eigenvalue weighted by Gasteiger charge is -2.44. The van der Waals surface area contributed by atoms with Crippen molar-refractivity contribution in [2.45, 2.75) is 53.1 Å². The highest BCUT2D eigenvalue weighted by atomic mass is 19.1. The van der Waals surface area contributed by atoms with Gasteiger partial charge in [0, 0.05) is 54.6 Å². The Kier molecular flexibility index (Phi) is 7.58. The lowest BCUT2D eigenvalue weighted by Crippen LogP contribution is -2.53. The van der Waals surface area contributed by atoms with Crippen LogP contribution in [-0.2, 0) is 5.54 Å². The molecule has 0 amide bonds. The van der Waals surface area contributed by atoms with E-state index >= 15 is 8.78 Å². The molecule has 1 aliphatic rings. The van der Waals surface area contributed by atoms with Gasteiger partial charge >= 0.3 is 0 Å². The molecule has 4 aromatic rings. The van der Waals surface area contributed by atoms with Crippen molar-refractivity contribution < 1.29 is 13.2 Å². The lowest BCUT2D eigenvalue weighted by atomic mass is 9.90. The summed E-state index contributed by atoms with van der Waals surface area (Å²) in [5.74, 6) is -0.849. The molecule has 1 saturated heterocycles. The second-order valence-corrected chi connectivity index (χ2v) is 11.1. The van der Waals surface area contributed by atoms with E-state index in [1.54, 1.807) is 18.2 Å². The first-order valence-electron chi connectivity index (χ1n) is 13.7. The summed E-state index contributed by atoms with van der Waals surface area (Å²) in [6.45, 7) is 16.7. The van der Waals surface area contributed by atoms with E-state index in [0.717, 1.165) is 38.9 Å². The van der Waals surface area contributed by atoms with Gasteiger partial charge in [0.05, 0.1) is 11.7 Å². The van der Waals surface area contributed by atoms with Gasteiger partial charge in [0.15, 0.2) is 11.6 Å². The third-order valence-corrected chi connectivity index (χ3v) is 7.95. The van der Waals surface area contributed by atoms with Crippen molar-refractivity contribution >= 4 is 22.7 Å². The van der Waals surface area contributed by atoms with Gasteiger partial charge in [-0.15, -0.1) is 0 Å². The van der Waals surface area contributed by atoms with Crippen LogP contribution in [0.15, 0.2) is 36.5 Å². The fourth-order valence-electron chi connectivity index (χ4n) is 5.70. The topological polar surface area (TPSA) is 62.1 Å². The summed E-state index contributed by atoms with van der Waals surface area (Å²) in [6.07, 6.45) is 1.03. The summed E-state index contributed by atoms with van der Waals surface area (Å²) in [4.78, 5) is 17.4. The largest absolute Gasteiger partial charge is 0.326 e. The molecule has 0 radical (unpaired) electrons. The average Bonchev–Trinajstić information content (AvgIpc) is 3.26. The number of anilines is 2. The van der Waals surface area contributed by atoms with Gasteiger partial charge in [0.1, 0.15) is 22.9 Å². The molecule has 5 rings (SSSR count). The first-order valence-corrected chi connectivity index (χ1v) is 13.7. The minimum atomic E-state index is -0.692. The summed E-state index contributed by atoms with van der Waals surface area (Å²) in [5, 5.41) is 2.98. The fourth-order valence-corrected chi connectivity index (χ4v) is 5.70. The second kappa shape index (κ2) is 10.8. The number of nitrogens with one attached hydrogen (secondary N) is 1. The third kappa shape index (κ3) is 5.17. The highest BCUT2D eigenvalue weighted by molar-refractivity contribution is 5.83. The lowest BCUT2D eigenvalue weighted by molar-refractivity contribution is 0.0506. The van der Waals surface area contributed by atoms with Gasteiger partial charge in [-0.2, -0.15) is 0 Å². The highest BCUT2D eigenvalue weighted by Gasteiger charge is 2.33. The number of fused-ring (bicyclic) bond motifs is 1. The average molecular weight is 552 g/mol. The molecule has 0 saturated carbocycles. The van der Waals surface area contributed by atoms with Crippen molar-refractivity contribution in [2.24, 2.45) is 0 Å². The maximum Gasteiger partial charge on any atom is 0.227 e. The third-order valence-electron chi connectivity index (χ3n) is 7.95. The van der Waals surface area contributed by atoms with E-state index in [9.17, 15) is 4.39 Å². The number of hydrogen-bond acceptors (Lipinski definition) is 6. The summed E-state index contributed by atoms with van der Waals surface area (Å²) in [7, 11) is 0. The van der Waals surface area contributed by atoms with Crippen LogP contribution in [0.3, 0.4) is 0 Å².